The second-order valence-electron chi connectivity index (χ2n) is 5.12. The molecule has 7 nitrogen and oxygen atoms in total. The molecule has 3 aromatic heterocycles. The van der Waals surface area contributed by atoms with Gasteiger partial charge in [-0.2, -0.15) is 9.61 Å². The van der Waals surface area contributed by atoms with Crippen LogP contribution in [0, 0.1) is 0 Å². The van der Waals surface area contributed by atoms with Crippen molar-refractivity contribution in [2.75, 3.05) is 0 Å². The number of hydrogen-bond acceptors (Lipinski definition) is 4. The molecule has 118 valence electrons. The molecule has 0 aliphatic rings. The van der Waals surface area contributed by atoms with E-state index < -0.39 is 11.2 Å². The van der Waals surface area contributed by atoms with Crippen LogP contribution in [0.25, 0.3) is 27.9 Å². The van der Waals surface area contributed by atoms with Gasteiger partial charge in [0, 0.05) is 23.0 Å². The van der Waals surface area contributed by atoms with Gasteiger partial charge >= 0.3 is 5.69 Å². The first-order chi connectivity index (χ1) is 11.6. The Balaban J connectivity index is 2.16. The average molecular weight is 340 g/mol. The maximum Gasteiger partial charge on any atom is 0.362 e. The number of nitrogens with one attached hydrogen (secondary N) is 2. The van der Waals surface area contributed by atoms with E-state index in [-0.39, 0.29) is 0 Å². The largest absolute Gasteiger partial charge is 0.362 e. The molecule has 0 saturated heterocycles. The van der Waals surface area contributed by atoms with Gasteiger partial charge in [0.15, 0.2) is 5.65 Å². The van der Waals surface area contributed by atoms with Crippen LogP contribution in [-0.2, 0) is 0 Å². The van der Waals surface area contributed by atoms with Crippen LogP contribution in [0.1, 0.15) is 0 Å². The highest BCUT2D eigenvalue weighted by molar-refractivity contribution is 6.30. The molecule has 0 spiro atoms. The molecule has 4 aromatic rings. The predicted octanol–water partition coefficient (Wildman–Crippen LogP) is 2.09. The number of benzene rings is 1. The quantitative estimate of drug-likeness (QED) is 0.584. The van der Waals surface area contributed by atoms with Gasteiger partial charge in [-0.05, 0) is 35.4 Å². The van der Waals surface area contributed by atoms with Crippen molar-refractivity contribution in [3.63, 3.8) is 0 Å². The number of fused-ring (bicyclic) bond motifs is 1. The molecule has 3 heterocycles. The van der Waals surface area contributed by atoms with E-state index in [9.17, 15) is 9.59 Å². The number of hydrogen-bond donors (Lipinski definition) is 2. The van der Waals surface area contributed by atoms with Crippen LogP contribution in [0.2, 0.25) is 5.02 Å². The van der Waals surface area contributed by atoms with Crippen LogP contribution in [-0.4, -0.2) is 24.8 Å². The predicted molar refractivity (Wildman–Crippen MR) is 90.1 cm³/mol. The first kappa shape index (κ1) is 14.4. The lowest BCUT2D eigenvalue weighted by molar-refractivity contribution is 0.859. The summed E-state index contributed by atoms with van der Waals surface area (Å²) in [4.78, 5) is 28.5. The molecule has 0 amide bonds. The number of halogens is 1. The van der Waals surface area contributed by atoms with Crippen molar-refractivity contribution >= 4 is 17.2 Å². The molecule has 4 rings (SSSR count). The second-order valence-corrected chi connectivity index (χ2v) is 5.56. The number of rotatable bonds is 2. The molecule has 0 radical (unpaired) electrons. The Kier molecular flexibility index (Phi) is 3.28. The standard InChI is InChI=1S/C16H10ClN5O2/c17-11-3-1-9(2-4-11)13-12(10-5-7-18-8-6-10)14-19-20-16(24)22(14)21-15(13)23/h1-8H,(H,20,24)(H,21,23). The number of aromatic nitrogens is 5. The molecular weight excluding hydrogens is 330 g/mol. The van der Waals surface area contributed by atoms with Gasteiger partial charge in [0.2, 0.25) is 0 Å². The first-order valence-corrected chi connectivity index (χ1v) is 7.43. The van der Waals surface area contributed by atoms with Gasteiger partial charge in [-0.3, -0.25) is 14.9 Å². The topological polar surface area (TPSA) is 95.9 Å². The van der Waals surface area contributed by atoms with Gasteiger partial charge < -0.3 is 0 Å². The molecule has 0 atom stereocenters. The van der Waals surface area contributed by atoms with E-state index in [0.29, 0.717) is 27.4 Å². The van der Waals surface area contributed by atoms with Crippen molar-refractivity contribution in [2.24, 2.45) is 0 Å². The minimum Gasteiger partial charge on any atom is -0.267 e. The summed E-state index contributed by atoms with van der Waals surface area (Å²) in [6, 6.07) is 10.4. The van der Waals surface area contributed by atoms with Crippen molar-refractivity contribution in [3.8, 4) is 22.3 Å². The number of H-pyrrole nitrogens is 2. The molecule has 0 bridgehead atoms. The van der Waals surface area contributed by atoms with Crippen LogP contribution in [0.3, 0.4) is 0 Å². The molecule has 0 unspecified atom stereocenters. The van der Waals surface area contributed by atoms with E-state index in [4.69, 9.17) is 11.6 Å². The maximum absolute atomic E-state index is 12.7. The molecule has 24 heavy (non-hydrogen) atoms. The normalized spacial score (nSPS) is 11.0. The maximum atomic E-state index is 12.7. The van der Waals surface area contributed by atoms with Crippen LogP contribution in [0.15, 0.2) is 58.4 Å². The number of nitrogens with zero attached hydrogens (tertiary/aromatic N) is 3. The summed E-state index contributed by atoms with van der Waals surface area (Å²) in [5.41, 5.74) is 1.76. The molecule has 2 N–H and O–H groups in total. The van der Waals surface area contributed by atoms with E-state index in [0.717, 1.165) is 10.1 Å². The second kappa shape index (κ2) is 5.47. The smallest absolute Gasteiger partial charge is 0.267 e. The van der Waals surface area contributed by atoms with Gasteiger partial charge in [0.25, 0.3) is 5.56 Å². The lowest BCUT2D eigenvalue weighted by atomic mass is 9.97. The van der Waals surface area contributed by atoms with Crippen LogP contribution in [0.4, 0.5) is 0 Å². The fourth-order valence-corrected chi connectivity index (χ4v) is 2.76. The summed E-state index contributed by atoms with van der Waals surface area (Å²) >= 11 is 5.94. The van der Waals surface area contributed by atoms with Crippen LogP contribution in [0.5, 0.6) is 0 Å². The Hall–Kier alpha value is -3.19. The highest BCUT2D eigenvalue weighted by Gasteiger charge is 2.19. The minimum absolute atomic E-state index is 0.329. The monoisotopic (exact) mass is 339 g/mol. The van der Waals surface area contributed by atoms with Gasteiger partial charge in [0.05, 0.1) is 5.56 Å². The Morgan fingerprint density at radius 3 is 2.29 bits per heavy atom. The Bertz CT molecular complexity index is 1140. The molecule has 0 fully saturated rings. The number of aromatic amines is 2. The van der Waals surface area contributed by atoms with Gasteiger partial charge in [-0.15, -0.1) is 0 Å². The average Bonchev–Trinajstić information content (AvgIpc) is 2.96. The third kappa shape index (κ3) is 2.22. The van der Waals surface area contributed by atoms with E-state index in [2.05, 4.69) is 20.3 Å². The summed E-state index contributed by atoms with van der Waals surface area (Å²) < 4.78 is 1.09. The molecule has 0 aliphatic heterocycles. The Labute approximate surface area is 139 Å². The lowest BCUT2D eigenvalue weighted by Crippen LogP contribution is -2.22. The SMILES string of the molecule is O=c1[nH]n2c(=O)[nH]nc2c(-c2ccncc2)c1-c1ccc(Cl)cc1. The van der Waals surface area contributed by atoms with Gasteiger partial charge in [0.1, 0.15) is 0 Å². The van der Waals surface area contributed by atoms with E-state index in [1.54, 1.807) is 48.8 Å². The zero-order valence-corrected chi connectivity index (χ0v) is 12.9. The van der Waals surface area contributed by atoms with Crippen molar-refractivity contribution < 1.29 is 0 Å². The summed E-state index contributed by atoms with van der Waals surface area (Å²) in [6.45, 7) is 0. The van der Waals surface area contributed by atoms with Gasteiger partial charge in [-0.1, -0.05) is 23.7 Å². The molecule has 1 aromatic carbocycles. The fourth-order valence-electron chi connectivity index (χ4n) is 2.64. The Morgan fingerprint density at radius 2 is 1.58 bits per heavy atom. The summed E-state index contributed by atoms with van der Waals surface area (Å²) in [7, 11) is 0. The molecular formula is C16H10ClN5O2. The van der Waals surface area contributed by atoms with E-state index in [1.807, 2.05) is 0 Å². The zero-order chi connectivity index (χ0) is 16.7. The van der Waals surface area contributed by atoms with Crippen LogP contribution < -0.4 is 11.2 Å². The molecule has 0 saturated carbocycles. The summed E-state index contributed by atoms with van der Waals surface area (Å²) in [5.74, 6) is 0. The summed E-state index contributed by atoms with van der Waals surface area (Å²) in [5, 5.41) is 9.50. The minimum atomic E-state index is -0.514. The third-order valence-corrected chi connectivity index (χ3v) is 3.94. The lowest BCUT2D eigenvalue weighted by Gasteiger charge is -2.10. The van der Waals surface area contributed by atoms with Crippen molar-refractivity contribution in [3.05, 3.63) is 74.7 Å². The molecule has 8 heteroatoms. The van der Waals surface area contributed by atoms with Gasteiger partial charge in [-0.25, -0.2) is 9.89 Å². The first-order valence-electron chi connectivity index (χ1n) is 7.05. The highest BCUT2D eigenvalue weighted by atomic mass is 35.5. The van der Waals surface area contributed by atoms with Crippen LogP contribution >= 0.6 is 11.6 Å². The number of pyridine rings is 1. The third-order valence-electron chi connectivity index (χ3n) is 3.69. The summed E-state index contributed by atoms with van der Waals surface area (Å²) in [6.07, 6.45) is 3.23. The van der Waals surface area contributed by atoms with Crippen molar-refractivity contribution in [1.82, 2.24) is 24.8 Å². The highest BCUT2D eigenvalue weighted by Crippen LogP contribution is 2.31. The van der Waals surface area contributed by atoms with E-state index in [1.165, 1.54) is 0 Å². The Morgan fingerprint density at radius 1 is 0.917 bits per heavy atom. The fraction of sp³-hybridized carbons (Fsp3) is 0. The molecule has 0 aliphatic carbocycles. The zero-order valence-electron chi connectivity index (χ0n) is 12.2. The van der Waals surface area contributed by atoms with Crippen molar-refractivity contribution in [1.29, 1.82) is 0 Å². The van der Waals surface area contributed by atoms with E-state index >= 15 is 0 Å². The van der Waals surface area contributed by atoms with Crippen molar-refractivity contribution in [2.45, 2.75) is 0 Å².